The minimum absolute atomic E-state index is 0. The summed E-state index contributed by atoms with van der Waals surface area (Å²) >= 11 is 1.51. The van der Waals surface area contributed by atoms with Crippen molar-refractivity contribution in [2.75, 3.05) is 0 Å². The van der Waals surface area contributed by atoms with Gasteiger partial charge in [-0.05, 0) is 0 Å². The van der Waals surface area contributed by atoms with Gasteiger partial charge in [0.1, 0.15) is 0 Å². The fourth-order valence-corrected chi connectivity index (χ4v) is 5.13. The van der Waals surface area contributed by atoms with E-state index in [0.29, 0.717) is 0 Å². The molecule has 0 saturated heterocycles. The Balaban J connectivity index is 0. The van der Waals surface area contributed by atoms with Crippen molar-refractivity contribution in [1.82, 2.24) is 0 Å². The van der Waals surface area contributed by atoms with Crippen LogP contribution in [0.3, 0.4) is 0 Å². The summed E-state index contributed by atoms with van der Waals surface area (Å²) in [5.41, 5.74) is 0. The molecule has 0 nitrogen and oxygen atoms in total. The monoisotopic (exact) mass is 480 g/mol. The SMILES string of the molecule is CCCCCCCCCCCCC([CH2][Zn+])CCCCCCCCCC.[Br-]. The van der Waals surface area contributed by atoms with Crippen LogP contribution in [0.5, 0.6) is 0 Å². The Hall–Kier alpha value is 1.10. The van der Waals surface area contributed by atoms with E-state index < -0.39 is 0 Å². The quantitative estimate of drug-likeness (QED) is 0.131. The van der Waals surface area contributed by atoms with Crippen LogP contribution in [-0.2, 0) is 18.3 Å². The first-order chi connectivity index (χ1) is 12.3. The van der Waals surface area contributed by atoms with Crippen LogP contribution in [-0.4, -0.2) is 0 Å². The second-order valence-electron chi connectivity index (χ2n) is 8.39. The molecule has 1 unspecified atom stereocenters. The average molecular weight is 483 g/mol. The smallest absolute Gasteiger partial charge is 1.00 e. The van der Waals surface area contributed by atoms with Gasteiger partial charge in [-0.15, -0.1) is 0 Å². The number of unbranched alkanes of at least 4 members (excludes halogenated alkanes) is 16. The number of hydrogen-bond donors (Lipinski definition) is 0. The molecule has 2 heteroatoms. The van der Waals surface area contributed by atoms with Crippen molar-refractivity contribution in [1.29, 1.82) is 0 Å². The van der Waals surface area contributed by atoms with E-state index in [1.807, 2.05) is 0 Å². The second-order valence-corrected chi connectivity index (χ2v) is 9.60. The molecule has 0 amide bonds. The molecular weight excluding hydrogens is 434 g/mol. The van der Waals surface area contributed by atoms with Gasteiger partial charge in [-0.3, -0.25) is 0 Å². The summed E-state index contributed by atoms with van der Waals surface area (Å²) in [6.07, 6.45) is 29.6. The Morgan fingerprint density at radius 3 is 1.00 bits per heavy atom. The molecule has 0 aromatic heterocycles. The fourth-order valence-electron chi connectivity index (χ4n) is 3.92. The zero-order chi connectivity index (χ0) is 18.4. The van der Waals surface area contributed by atoms with E-state index in [2.05, 4.69) is 13.8 Å². The van der Waals surface area contributed by atoms with Crippen LogP contribution < -0.4 is 17.0 Å². The summed E-state index contributed by atoms with van der Waals surface area (Å²) in [6, 6.07) is 0. The zero-order valence-corrected chi connectivity index (χ0v) is 23.1. The number of halogens is 1. The van der Waals surface area contributed by atoms with Crippen LogP contribution in [0.2, 0.25) is 5.02 Å². The molecule has 0 fully saturated rings. The van der Waals surface area contributed by atoms with E-state index in [0.717, 1.165) is 5.92 Å². The molecular formula is C24H49BrZn. The molecule has 154 valence electrons. The van der Waals surface area contributed by atoms with E-state index in [-0.39, 0.29) is 17.0 Å². The van der Waals surface area contributed by atoms with Gasteiger partial charge in [0.2, 0.25) is 0 Å². The molecule has 0 aliphatic heterocycles. The van der Waals surface area contributed by atoms with Gasteiger partial charge in [-0.25, -0.2) is 0 Å². The molecule has 0 N–H and O–H groups in total. The minimum atomic E-state index is 0. The molecule has 0 heterocycles. The normalized spacial score (nSPS) is 12.2. The molecule has 0 aliphatic carbocycles. The summed E-state index contributed by atoms with van der Waals surface area (Å²) in [5.74, 6) is 1.08. The molecule has 1 atom stereocenters. The molecule has 0 aromatic carbocycles. The summed E-state index contributed by atoms with van der Waals surface area (Å²) in [6.45, 7) is 4.61. The maximum atomic E-state index is 2.31. The number of rotatable bonds is 21. The van der Waals surface area contributed by atoms with Crippen molar-refractivity contribution < 1.29 is 35.3 Å². The first kappa shape index (κ1) is 29.3. The average Bonchev–Trinajstić information content (AvgIpc) is 2.63. The van der Waals surface area contributed by atoms with Crippen LogP contribution in [0, 0.1) is 5.92 Å². The zero-order valence-electron chi connectivity index (χ0n) is 18.5. The Bertz CT molecular complexity index is 232. The standard InChI is InChI=1S/C24H49.BrH.Zn/c1-4-6-8-10-12-14-15-17-19-21-23-24(3)22-20-18-16-13-11-9-7-5-2;;/h24H,3-23H2,1-2H3;1H;/q;;+1/p-1. The third-order valence-corrected chi connectivity index (χ3v) is 7.55. The predicted octanol–water partition coefficient (Wildman–Crippen LogP) is 6.41. The molecule has 26 heavy (non-hydrogen) atoms. The molecule has 0 spiro atoms. The third kappa shape index (κ3) is 23.1. The fraction of sp³-hybridized carbons (Fsp3) is 1.00. The van der Waals surface area contributed by atoms with E-state index in [4.69, 9.17) is 0 Å². The van der Waals surface area contributed by atoms with E-state index in [1.165, 1.54) is 152 Å². The summed E-state index contributed by atoms with van der Waals surface area (Å²) in [7, 11) is 0. The van der Waals surface area contributed by atoms with Gasteiger partial charge in [0.15, 0.2) is 0 Å². The van der Waals surface area contributed by atoms with Crippen molar-refractivity contribution in [3.05, 3.63) is 0 Å². The maximum absolute atomic E-state index is 2.31. The van der Waals surface area contributed by atoms with Gasteiger partial charge in [0, 0.05) is 0 Å². The van der Waals surface area contributed by atoms with Crippen molar-refractivity contribution in [2.24, 2.45) is 5.92 Å². The van der Waals surface area contributed by atoms with Crippen LogP contribution in [0.15, 0.2) is 0 Å². The first-order valence-electron chi connectivity index (χ1n) is 12.1. The van der Waals surface area contributed by atoms with Gasteiger partial charge < -0.3 is 17.0 Å². The molecule has 0 rings (SSSR count). The Morgan fingerprint density at radius 2 is 0.731 bits per heavy atom. The predicted molar refractivity (Wildman–Crippen MR) is 112 cm³/mol. The van der Waals surface area contributed by atoms with E-state index >= 15 is 0 Å². The van der Waals surface area contributed by atoms with Crippen molar-refractivity contribution in [2.45, 2.75) is 147 Å². The second kappa shape index (κ2) is 26.1. The Labute approximate surface area is 187 Å². The van der Waals surface area contributed by atoms with Crippen LogP contribution in [0.1, 0.15) is 142 Å². The van der Waals surface area contributed by atoms with Crippen LogP contribution in [0.4, 0.5) is 0 Å². The van der Waals surface area contributed by atoms with E-state index in [1.54, 1.807) is 0 Å². The van der Waals surface area contributed by atoms with Crippen molar-refractivity contribution >= 4 is 0 Å². The Morgan fingerprint density at radius 1 is 0.462 bits per heavy atom. The van der Waals surface area contributed by atoms with Gasteiger partial charge in [0.25, 0.3) is 0 Å². The minimum Gasteiger partial charge on any atom is -1.00 e. The summed E-state index contributed by atoms with van der Waals surface area (Å²) in [4.78, 5) is 0. The Kier molecular flexibility index (Phi) is 29.4. The van der Waals surface area contributed by atoms with Gasteiger partial charge >= 0.3 is 158 Å². The van der Waals surface area contributed by atoms with E-state index in [9.17, 15) is 0 Å². The van der Waals surface area contributed by atoms with Gasteiger partial charge in [0.05, 0.1) is 0 Å². The molecule has 0 aromatic rings. The molecule has 0 radical (unpaired) electrons. The molecule has 0 saturated carbocycles. The summed E-state index contributed by atoms with van der Waals surface area (Å²) in [5, 5.41) is 1.54. The molecule has 0 bridgehead atoms. The van der Waals surface area contributed by atoms with Gasteiger partial charge in [-0.2, -0.15) is 0 Å². The van der Waals surface area contributed by atoms with Crippen molar-refractivity contribution in [3.8, 4) is 0 Å². The topological polar surface area (TPSA) is 0 Å². The van der Waals surface area contributed by atoms with Crippen LogP contribution in [0.25, 0.3) is 0 Å². The van der Waals surface area contributed by atoms with Gasteiger partial charge in [-0.1, -0.05) is 13.3 Å². The van der Waals surface area contributed by atoms with Crippen molar-refractivity contribution in [3.63, 3.8) is 0 Å². The molecule has 0 aliphatic rings. The first-order valence-corrected chi connectivity index (χ1v) is 14.2. The van der Waals surface area contributed by atoms with Crippen LogP contribution >= 0.6 is 0 Å². The number of hydrogen-bond acceptors (Lipinski definition) is 0. The third-order valence-electron chi connectivity index (χ3n) is 5.84. The summed E-state index contributed by atoms with van der Waals surface area (Å²) < 4.78 is 0.